The quantitative estimate of drug-likeness (QED) is 0.823. The van der Waals surface area contributed by atoms with Crippen molar-refractivity contribution in [2.75, 3.05) is 5.32 Å². The number of primary amides is 1. The third-order valence-corrected chi connectivity index (χ3v) is 3.38. The summed E-state index contributed by atoms with van der Waals surface area (Å²) in [6.45, 7) is 3.40. The molecule has 24 heavy (non-hydrogen) atoms. The lowest BCUT2D eigenvalue weighted by Gasteiger charge is -2.13. The van der Waals surface area contributed by atoms with E-state index in [0.717, 1.165) is 5.56 Å². The van der Waals surface area contributed by atoms with Crippen molar-refractivity contribution < 1.29 is 19.1 Å². The number of aryl methyl sites for hydroxylation is 1. The van der Waals surface area contributed by atoms with Gasteiger partial charge in [0.15, 0.2) is 6.10 Å². The highest BCUT2D eigenvalue weighted by Gasteiger charge is 2.19. The Balaban J connectivity index is 1.95. The molecule has 0 saturated carbocycles. The number of anilines is 1. The van der Waals surface area contributed by atoms with Crippen molar-refractivity contribution in [2.45, 2.75) is 20.0 Å². The number of hydrogen-bond acceptors (Lipinski definition) is 4. The number of hydrogen-bond donors (Lipinski definition) is 2. The summed E-state index contributed by atoms with van der Waals surface area (Å²) < 4.78 is 5.15. The van der Waals surface area contributed by atoms with Crippen LogP contribution < -0.4 is 11.1 Å². The molecule has 2 aromatic rings. The van der Waals surface area contributed by atoms with Gasteiger partial charge in [0, 0.05) is 11.3 Å². The molecule has 0 bridgehead atoms. The van der Waals surface area contributed by atoms with E-state index in [-0.39, 0.29) is 0 Å². The molecule has 6 heteroatoms. The topological polar surface area (TPSA) is 98.5 Å². The molecule has 0 aliphatic heterocycles. The van der Waals surface area contributed by atoms with Crippen LogP contribution >= 0.6 is 0 Å². The zero-order valence-corrected chi connectivity index (χ0v) is 13.4. The van der Waals surface area contributed by atoms with Gasteiger partial charge in [-0.15, -0.1) is 0 Å². The maximum Gasteiger partial charge on any atom is 0.338 e. The minimum absolute atomic E-state index is 0.340. The standard InChI is InChI=1S/C18H18N2O4/c1-11-3-5-14(6-4-11)18(23)24-12(2)17(22)20-15-9-7-13(8-10-15)16(19)21/h3-10,12H,1-2H3,(H2,19,21)(H,20,22)/t12-/m0/s1. The number of benzene rings is 2. The van der Waals surface area contributed by atoms with Crippen molar-refractivity contribution in [3.05, 3.63) is 65.2 Å². The molecule has 2 aromatic carbocycles. The molecule has 0 fully saturated rings. The van der Waals surface area contributed by atoms with E-state index < -0.39 is 23.9 Å². The molecule has 0 saturated heterocycles. The Morgan fingerprint density at radius 1 is 0.958 bits per heavy atom. The molecule has 0 heterocycles. The summed E-state index contributed by atoms with van der Waals surface area (Å²) in [5.74, 6) is -1.59. The van der Waals surface area contributed by atoms with Gasteiger partial charge >= 0.3 is 5.97 Å². The van der Waals surface area contributed by atoms with Crippen LogP contribution in [0.2, 0.25) is 0 Å². The molecule has 0 radical (unpaired) electrons. The normalized spacial score (nSPS) is 11.4. The van der Waals surface area contributed by atoms with Crippen LogP contribution in [0.4, 0.5) is 5.69 Å². The summed E-state index contributed by atoms with van der Waals surface area (Å²) in [6.07, 6.45) is -0.963. The Labute approximate surface area is 139 Å². The van der Waals surface area contributed by atoms with Crippen LogP contribution in [0.5, 0.6) is 0 Å². The third kappa shape index (κ3) is 4.42. The molecule has 0 aromatic heterocycles. The Morgan fingerprint density at radius 2 is 1.50 bits per heavy atom. The Kier molecular flexibility index (Phi) is 5.31. The highest BCUT2D eigenvalue weighted by Crippen LogP contribution is 2.11. The Bertz CT molecular complexity index is 752. The lowest BCUT2D eigenvalue weighted by atomic mass is 10.1. The number of nitrogens with two attached hydrogens (primary N) is 1. The summed E-state index contributed by atoms with van der Waals surface area (Å²) in [7, 11) is 0. The number of nitrogens with one attached hydrogen (secondary N) is 1. The number of amides is 2. The van der Waals surface area contributed by atoms with Crippen LogP contribution in [-0.4, -0.2) is 23.9 Å². The van der Waals surface area contributed by atoms with Gasteiger partial charge < -0.3 is 15.8 Å². The fourth-order valence-electron chi connectivity index (χ4n) is 1.93. The van der Waals surface area contributed by atoms with Crippen molar-refractivity contribution in [2.24, 2.45) is 5.73 Å². The van der Waals surface area contributed by atoms with E-state index in [0.29, 0.717) is 16.8 Å². The van der Waals surface area contributed by atoms with E-state index in [1.807, 2.05) is 6.92 Å². The molecule has 3 N–H and O–H groups in total. The van der Waals surface area contributed by atoms with Gasteiger partial charge in [-0.25, -0.2) is 4.79 Å². The van der Waals surface area contributed by atoms with E-state index in [1.165, 1.54) is 19.1 Å². The van der Waals surface area contributed by atoms with Gasteiger partial charge in [-0.3, -0.25) is 9.59 Å². The zero-order chi connectivity index (χ0) is 17.7. The van der Waals surface area contributed by atoms with Crippen molar-refractivity contribution in [1.82, 2.24) is 0 Å². The first-order chi connectivity index (χ1) is 11.4. The average molecular weight is 326 g/mol. The van der Waals surface area contributed by atoms with Crippen molar-refractivity contribution in [3.63, 3.8) is 0 Å². The first-order valence-electron chi connectivity index (χ1n) is 7.35. The minimum atomic E-state index is -0.963. The number of ether oxygens (including phenoxy) is 1. The second kappa shape index (κ2) is 7.41. The summed E-state index contributed by atoms with van der Waals surface area (Å²) >= 11 is 0. The van der Waals surface area contributed by atoms with Gasteiger partial charge in [0.05, 0.1) is 5.56 Å². The lowest BCUT2D eigenvalue weighted by Crippen LogP contribution is -2.30. The van der Waals surface area contributed by atoms with Crippen molar-refractivity contribution in [3.8, 4) is 0 Å². The molecule has 0 unspecified atom stereocenters. The molecule has 0 aliphatic carbocycles. The van der Waals surface area contributed by atoms with E-state index in [1.54, 1.807) is 36.4 Å². The second-order valence-electron chi connectivity index (χ2n) is 5.34. The van der Waals surface area contributed by atoms with Crippen molar-refractivity contribution in [1.29, 1.82) is 0 Å². The molecule has 0 spiro atoms. The van der Waals surface area contributed by atoms with Crippen LogP contribution in [0.25, 0.3) is 0 Å². The van der Waals surface area contributed by atoms with E-state index in [2.05, 4.69) is 5.32 Å². The Hall–Kier alpha value is -3.15. The van der Waals surface area contributed by atoms with Crippen LogP contribution in [0, 0.1) is 6.92 Å². The maximum atomic E-state index is 12.1. The van der Waals surface area contributed by atoms with E-state index in [9.17, 15) is 14.4 Å². The summed E-state index contributed by atoms with van der Waals surface area (Å²) in [6, 6.07) is 13.0. The molecule has 124 valence electrons. The summed E-state index contributed by atoms with van der Waals surface area (Å²) in [5.41, 5.74) is 7.37. The van der Waals surface area contributed by atoms with Crippen LogP contribution in [0.1, 0.15) is 33.2 Å². The molecule has 2 amide bonds. The monoisotopic (exact) mass is 326 g/mol. The van der Waals surface area contributed by atoms with Gasteiger partial charge in [0.2, 0.25) is 5.91 Å². The van der Waals surface area contributed by atoms with E-state index in [4.69, 9.17) is 10.5 Å². The number of esters is 1. The molecule has 1 atom stereocenters. The average Bonchev–Trinajstić information content (AvgIpc) is 2.55. The minimum Gasteiger partial charge on any atom is -0.449 e. The smallest absolute Gasteiger partial charge is 0.338 e. The van der Waals surface area contributed by atoms with Crippen LogP contribution in [0.3, 0.4) is 0 Å². The molecular weight excluding hydrogens is 308 g/mol. The largest absolute Gasteiger partial charge is 0.449 e. The van der Waals surface area contributed by atoms with Crippen LogP contribution in [-0.2, 0) is 9.53 Å². The van der Waals surface area contributed by atoms with Gasteiger partial charge in [0.1, 0.15) is 0 Å². The Morgan fingerprint density at radius 3 is 2.04 bits per heavy atom. The van der Waals surface area contributed by atoms with Gasteiger partial charge in [-0.2, -0.15) is 0 Å². The molecule has 0 aliphatic rings. The number of rotatable bonds is 5. The van der Waals surface area contributed by atoms with Gasteiger partial charge in [0.25, 0.3) is 5.91 Å². The molecular formula is C18H18N2O4. The highest BCUT2D eigenvalue weighted by molar-refractivity contribution is 5.98. The predicted octanol–water partition coefficient (Wildman–Crippen LogP) is 2.28. The second-order valence-corrected chi connectivity index (χ2v) is 5.34. The molecule has 2 rings (SSSR count). The van der Waals surface area contributed by atoms with Gasteiger partial charge in [-0.05, 0) is 50.2 Å². The fourth-order valence-corrected chi connectivity index (χ4v) is 1.93. The number of carbonyl (C=O) groups is 3. The summed E-state index contributed by atoms with van der Waals surface area (Å²) in [5, 5.41) is 2.61. The summed E-state index contributed by atoms with van der Waals surface area (Å²) in [4.78, 5) is 35.1. The van der Waals surface area contributed by atoms with Crippen LogP contribution in [0.15, 0.2) is 48.5 Å². The lowest BCUT2D eigenvalue weighted by molar-refractivity contribution is -0.123. The van der Waals surface area contributed by atoms with E-state index >= 15 is 0 Å². The predicted molar refractivity (Wildman–Crippen MR) is 89.6 cm³/mol. The maximum absolute atomic E-state index is 12.1. The zero-order valence-electron chi connectivity index (χ0n) is 13.4. The SMILES string of the molecule is Cc1ccc(C(=O)O[C@@H](C)C(=O)Nc2ccc(C(N)=O)cc2)cc1. The van der Waals surface area contributed by atoms with Gasteiger partial charge in [-0.1, -0.05) is 17.7 Å². The van der Waals surface area contributed by atoms with Crippen molar-refractivity contribution >= 4 is 23.5 Å². The first kappa shape index (κ1) is 17.2. The third-order valence-electron chi connectivity index (χ3n) is 3.38. The number of carbonyl (C=O) groups excluding carboxylic acids is 3. The highest BCUT2D eigenvalue weighted by atomic mass is 16.5. The molecule has 6 nitrogen and oxygen atoms in total. The fraction of sp³-hybridized carbons (Fsp3) is 0.167. The first-order valence-corrected chi connectivity index (χ1v) is 7.35.